The summed E-state index contributed by atoms with van der Waals surface area (Å²) < 4.78 is 0. The summed E-state index contributed by atoms with van der Waals surface area (Å²) in [5.41, 5.74) is 2.23. The Labute approximate surface area is 160 Å². The van der Waals surface area contributed by atoms with Crippen molar-refractivity contribution in [2.24, 2.45) is 0 Å². The first-order valence-corrected chi connectivity index (χ1v) is 9.91. The fourth-order valence-electron chi connectivity index (χ4n) is 2.50. The lowest BCUT2D eigenvalue weighted by Gasteiger charge is -2.33. The van der Waals surface area contributed by atoms with Crippen LogP contribution in [0.1, 0.15) is 18.5 Å². The highest BCUT2D eigenvalue weighted by atomic mass is 32.2. The summed E-state index contributed by atoms with van der Waals surface area (Å²) in [6.07, 6.45) is 5.73. The van der Waals surface area contributed by atoms with Gasteiger partial charge >= 0.3 is 0 Å². The fraction of sp³-hybridized carbons (Fsp3) is 0.368. The molecule has 0 amide bonds. The predicted molar refractivity (Wildman–Crippen MR) is 112 cm³/mol. The Bertz CT molecular complexity index is 676. The number of hydrogen-bond acceptors (Lipinski definition) is 4. The van der Waals surface area contributed by atoms with Crippen molar-refractivity contribution in [3.63, 3.8) is 0 Å². The average Bonchev–Trinajstić information content (AvgIpc) is 2.62. The maximum absolute atomic E-state index is 5.74. The van der Waals surface area contributed by atoms with E-state index in [0.29, 0.717) is 0 Å². The number of pyridine rings is 1. The molecule has 4 nitrogen and oxygen atoms in total. The molecule has 0 spiro atoms. The van der Waals surface area contributed by atoms with E-state index in [-0.39, 0.29) is 6.04 Å². The van der Waals surface area contributed by atoms with Crippen LogP contribution < -0.4 is 5.32 Å². The van der Waals surface area contributed by atoms with Gasteiger partial charge in [-0.25, -0.2) is 0 Å². The van der Waals surface area contributed by atoms with Crippen LogP contribution in [0.4, 0.5) is 5.69 Å². The number of nitrogens with one attached hydrogen (secondary N) is 1. The van der Waals surface area contributed by atoms with Gasteiger partial charge in [-0.1, -0.05) is 6.07 Å². The molecule has 0 aliphatic carbocycles. The largest absolute Gasteiger partial charge is 0.341 e. The average molecular weight is 375 g/mol. The summed E-state index contributed by atoms with van der Waals surface area (Å²) in [7, 11) is 4.15. The number of thiocarbonyl (C=S) groups is 1. The number of rotatable bonds is 7. The Morgan fingerprint density at radius 3 is 2.56 bits per heavy atom. The van der Waals surface area contributed by atoms with Crippen molar-refractivity contribution < 1.29 is 0 Å². The molecule has 1 aromatic heterocycles. The molecule has 1 N–H and O–H groups in total. The molecule has 1 aromatic carbocycles. The third-order valence-electron chi connectivity index (χ3n) is 4.03. The second-order valence-electron chi connectivity index (χ2n) is 6.12. The number of nitrogens with zero attached hydrogens (tertiary/aromatic N) is 3. The molecule has 0 unspecified atom stereocenters. The first-order valence-electron chi connectivity index (χ1n) is 8.27. The minimum absolute atomic E-state index is 0.173. The normalized spacial score (nSPS) is 12.0. The minimum Gasteiger partial charge on any atom is -0.341 e. The van der Waals surface area contributed by atoms with Gasteiger partial charge in [0.15, 0.2) is 5.11 Å². The third-order valence-corrected chi connectivity index (χ3v) is 5.09. The maximum Gasteiger partial charge on any atom is 0.173 e. The number of aromatic nitrogens is 1. The molecule has 2 rings (SSSR count). The first-order chi connectivity index (χ1) is 12.0. The SMILES string of the molecule is CSc1cccc(NC(=S)N(CCN(C)C)[C@@H](C)c2ccncc2)c1. The van der Waals surface area contributed by atoms with Crippen molar-refractivity contribution in [2.45, 2.75) is 17.9 Å². The van der Waals surface area contributed by atoms with E-state index in [0.717, 1.165) is 23.9 Å². The Balaban J connectivity index is 2.17. The topological polar surface area (TPSA) is 31.4 Å². The molecule has 6 heteroatoms. The quantitative estimate of drug-likeness (QED) is 0.579. The molecule has 0 saturated carbocycles. The van der Waals surface area contributed by atoms with Gasteiger partial charge in [-0.15, -0.1) is 11.8 Å². The van der Waals surface area contributed by atoms with E-state index >= 15 is 0 Å². The molecule has 0 saturated heterocycles. The van der Waals surface area contributed by atoms with Crippen LogP contribution in [0, 0.1) is 0 Å². The van der Waals surface area contributed by atoms with Gasteiger partial charge in [-0.3, -0.25) is 4.98 Å². The van der Waals surface area contributed by atoms with Crippen LogP contribution in [0.5, 0.6) is 0 Å². The zero-order valence-electron chi connectivity index (χ0n) is 15.3. The van der Waals surface area contributed by atoms with Crippen molar-refractivity contribution in [3.05, 3.63) is 54.4 Å². The summed E-state index contributed by atoms with van der Waals surface area (Å²) in [5.74, 6) is 0. The van der Waals surface area contributed by atoms with E-state index in [1.54, 1.807) is 11.8 Å². The molecular formula is C19H26N4S2. The molecule has 0 bridgehead atoms. The Morgan fingerprint density at radius 1 is 1.20 bits per heavy atom. The molecular weight excluding hydrogens is 348 g/mol. The van der Waals surface area contributed by atoms with Crippen LogP contribution in [0.2, 0.25) is 0 Å². The van der Waals surface area contributed by atoms with Crippen molar-refractivity contribution >= 4 is 34.8 Å². The van der Waals surface area contributed by atoms with E-state index in [1.807, 2.05) is 36.7 Å². The Hall–Kier alpha value is -1.63. The van der Waals surface area contributed by atoms with Gasteiger partial charge in [0, 0.05) is 36.1 Å². The maximum atomic E-state index is 5.74. The van der Waals surface area contributed by atoms with E-state index in [9.17, 15) is 0 Å². The zero-order chi connectivity index (χ0) is 18.2. The van der Waals surface area contributed by atoms with E-state index in [2.05, 4.69) is 59.5 Å². The highest BCUT2D eigenvalue weighted by Gasteiger charge is 2.19. The standard InChI is InChI=1S/C19H26N4S2/c1-15(16-8-10-20-11-9-16)23(13-12-22(2)3)19(24)21-17-6-5-7-18(14-17)25-4/h5-11,14-15H,12-13H2,1-4H3,(H,21,24)/t15-/m0/s1. The second kappa shape index (κ2) is 9.75. The highest BCUT2D eigenvalue weighted by molar-refractivity contribution is 7.98. The molecule has 134 valence electrons. The van der Waals surface area contributed by atoms with E-state index < -0.39 is 0 Å². The van der Waals surface area contributed by atoms with Gasteiger partial charge in [0.05, 0.1) is 6.04 Å². The number of benzene rings is 1. The summed E-state index contributed by atoms with van der Waals surface area (Å²) in [6, 6.07) is 12.6. The van der Waals surface area contributed by atoms with Crippen LogP contribution in [0.15, 0.2) is 53.7 Å². The summed E-state index contributed by atoms with van der Waals surface area (Å²) in [4.78, 5) is 9.74. The smallest absolute Gasteiger partial charge is 0.173 e. The monoisotopic (exact) mass is 374 g/mol. The van der Waals surface area contributed by atoms with E-state index in [1.165, 1.54) is 10.5 Å². The van der Waals surface area contributed by atoms with Crippen molar-refractivity contribution in [2.75, 3.05) is 38.8 Å². The molecule has 1 atom stereocenters. The van der Waals surface area contributed by atoms with Crippen LogP contribution in [-0.2, 0) is 0 Å². The Kier molecular flexibility index (Phi) is 7.68. The van der Waals surface area contributed by atoms with Gasteiger partial charge in [0.1, 0.15) is 0 Å². The lowest BCUT2D eigenvalue weighted by molar-refractivity contribution is 0.289. The molecule has 0 aliphatic rings. The van der Waals surface area contributed by atoms with Crippen LogP contribution in [-0.4, -0.2) is 53.3 Å². The lowest BCUT2D eigenvalue weighted by atomic mass is 10.1. The van der Waals surface area contributed by atoms with E-state index in [4.69, 9.17) is 12.2 Å². The first kappa shape index (κ1) is 19.7. The Morgan fingerprint density at radius 2 is 1.92 bits per heavy atom. The summed E-state index contributed by atoms with van der Waals surface area (Å²) in [5, 5.41) is 4.14. The number of anilines is 1. The van der Waals surface area contributed by atoms with Crippen molar-refractivity contribution in [1.29, 1.82) is 0 Å². The molecule has 0 radical (unpaired) electrons. The van der Waals surface area contributed by atoms with Gasteiger partial charge in [0.25, 0.3) is 0 Å². The third kappa shape index (κ3) is 5.99. The molecule has 0 fully saturated rings. The number of likely N-dealkylation sites (N-methyl/N-ethyl adjacent to an activating group) is 1. The minimum atomic E-state index is 0.173. The zero-order valence-corrected chi connectivity index (χ0v) is 16.9. The second-order valence-corrected chi connectivity index (χ2v) is 7.38. The predicted octanol–water partition coefficient (Wildman–Crippen LogP) is 4.13. The molecule has 25 heavy (non-hydrogen) atoms. The van der Waals surface area contributed by atoms with Crippen molar-refractivity contribution in [1.82, 2.24) is 14.8 Å². The number of hydrogen-bond donors (Lipinski definition) is 1. The van der Waals surface area contributed by atoms with Crippen LogP contribution in [0.25, 0.3) is 0 Å². The number of thioether (sulfide) groups is 1. The van der Waals surface area contributed by atoms with Gasteiger partial charge in [-0.05, 0) is 75.4 Å². The van der Waals surface area contributed by atoms with Crippen molar-refractivity contribution in [3.8, 4) is 0 Å². The van der Waals surface area contributed by atoms with Gasteiger partial charge < -0.3 is 15.1 Å². The molecule has 2 aromatic rings. The van der Waals surface area contributed by atoms with Gasteiger partial charge in [0.2, 0.25) is 0 Å². The highest BCUT2D eigenvalue weighted by Crippen LogP contribution is 2.23. The lowest BCUT2D eigenvalue weighted by Crippen LogP contribution is -2.40. The van der Waals surface area contributed by atoms with Crippen LogP contribution in [0.3, 0.4) is 0 Å². The van der Waals surface area contributed by atoms with Crippen LogP contribution >= 0.6 is 24.0 Å². The molecule has 0 aliphatic heterocycles. The fourth-order valence-corrected chi connectivity index (χ4v) is 3.32. The van der Waals surface area contributed by atoms with Gasteiger partial charge in [-0.2, -0.15) is 0 Å². The summed E-state index contributed by atoms with van der Waals surface area (Å²) in [6.45, 7) is 3.96. The molecule has 1 heterocycles. The summed E-state index contributed by atoms with van der Waals surface area (Å²) >= 11 is 7.46.